The van der Waals surface area contributed by atoms with E-state index < -0.39 is 21.8 Å². The van der Waals surface area contributed by atoms with Gasteiger partial charge in [0, 0.05) is 10.2 Å². The molecule has 0 spiro atoms. The molecule has 0 aliphatic heterocycles. The zero-order valence-electron chi connectivity index (χ0n) is 12.9. The topological polar surface area (TPSA) is 46.2 Å². The predicted molar refractivity (Wildman–Crippen MR) is 90.5 cm³/mol. The molecule has 2 rings (SSSR count). The fourth-order valence-electron chi connectivity index (χ4n) is 2.05. The maximum absolute atomic E-state index is 12.9. The molecule has 2 aromatic rings. The Labute approximate surface area is 147 Å². The van der Waals surface area contributed by atoms with E-state index in [0.717, 1.165) is 17.7 Å². The smallest absolute Gasteiger partial charge is 0.280 e. The number of hydrogen-bond donors (Lipinski definition) is 1. The largest absolute Gasteiger partial charge is 0.417 e. The van der Waals surface area contributed by atoms with Crippen LogP contribution in [0.25, 0.3) is 0 Å². The van der Waals surface area contributed by atoms with E-state index in [1.807, 2.05) is 13.8 Å². The lowest BCUT2D eigenvalue weighted by atomic mass is 10.0. The molecule has 0 atom stereocenters. The van der Waals surface area contributed by atoms with Crippen molar-refractivity contribution in [1.82, 2.24) is 0 Å². The molecule has 3 nitrogen and oxygen atoms in total. The van der Waals surface area contributed by atoms with Crippen LogP contribution in [0.4, 0.5) is 18.9 Å². The number of anilines is 1. The van der Waals surface area contributed by atoms with Gasteiger partial charge < -0.3 is 0 Å². The molecule has 0 radical (unpaired) electrons. The minimum Gasteiger partial charge on any atom is -0.280 e. The fraction of sp³-hybridized carbons (Fsp3) is 0.250. The maximum Gasteiger partial charge on any atom is 0.417 e. The summed E-state index contributed by atoms with van der Waals surface area (Å²) in [5.41, 5.74) is -0.131. The SMILES string of the molecule is CC(C)c1ccc(S(=O)(=O)Nc2ccc(Br)c(C(F)(F)F)c2)cc1. The molecule has 0 fully saturated rings. The Morgan fingerprint density at radius 2 is 1.62 bits per heavy atom. The number of hydrogen-bond acceptors (Lipinski definition) is 2. The van der Waals surface area contributed by atoms with Gasteiger partial charge in [-0.2, -0.15) is 13.2 Å². The molecule has 24 heavy (non-hydrogen) atoms. The minimum atomic E-state index is -4.58. The fourth-order valence-corrected chi connectivity index (χ4v) is 3.57. The maximum atomic E-state index is 12.9. The molecule has 0 saturated carbocycles. The highest BCUT2D eigenvalue weighted by Gasteiger charge is 2.33. The van der Waals surface area contributed by atoms with Crippen molar-refractivity contribution >= 4 is 31.6 Å². The number of halogens is 4. The van der Waals surface area contributed by atoms with Crippen LogP contribution >= 0.6 is 15.9 Å². The van der Waals surface area contributed by atoms with Crippen LogP contribution in [0.3, 0.4) is 0 Å². The van der Waals surface area contributed by atoms with Crippen LogP contribution < -0.4 is 4.72 Å². The van der Waals surface area contributed by atoms with Crippen molar-refractivity contribution in [1.29, 1.82) is 0 Å². The van der Waals surface area contributed by atoms with Gasteiger partial charge in [0.25, 0.3) is 10.0 Å². The molecular weight excluding hydrogens is 407 g/mol. The van der Waals surface area contributed by atoms with Gasteiger partial charge >= 0.3 is 6.18 Å². The average molecular weight is 422 g/mol. The molecule has 2 aromatic carbocycles. The molecule has 0 aliphatic carbocycles. The lowest BCUT2D eigenvalue weighted by Gasteiger charge is -2.13. The van der Waals surface area contributed by atoms with Gasteiger partial charge in [0.1, 0.15) is 0 Å². The Bertz CT molecular complexity index is 831. The average Bonchev–Trinajstić information content (AvgIpc) is 2.48. The Hall–Kier alpha value is -1.54. The summed E-state index contributed by atoms with van der Waals surface area (Å²) in [7, 11) is -3.96. The molecule has 8 heteroatoms. The minimum absolute atomic E-state index is 0.0108. The van der Waals surface area contributed by atoms with Crippen LogP contribution in [0.2, 0.25) is 0 Å². The first kappa shape index (κ1) is 18.8. The van der Waals surface area contributed by atoms with Crippen LogP contribution in [-0.2, 0) is 16.2 Å². The Kier molecular flexibility index (Phi) is 5.29. The van der Waals surface area contributed by atoms with Gasteiger partial charge in [-0.1, -0.05) is 41.9 Å². The van der Waals surface area contributed by atoms with Crippen molar-refractivity contribution in [3.63, 3.8) is 0 Å². The highest BCUT2D eigenvalue weighted by atomic mass is 79.9. The number of rotatable bonds is 4. The van der Waals surface area contributed by atoms with Crippen molar-refractivity contribution in [3.8, 4) is 0 Å². The molecule has 130 valence electrons. The number of sulfonamides is 1. The number of alkyl halides is 3. The lowest BCUT2D eigenvalue weighted by Crippen LogP contribution is -2.14. The first-order chi connectivity index (χ1) is 11.0. The van der Waals surface area contributed by atoms with E-state index in [2.05, 4.69) is 20.7 Å². The van der Waals surface area contributed by atoms with Gasteiger partial charge in [-0.05, 0) is 41.8 Å². The van der Waals surface area contributed by atoms with Crippen molar-refractivity contribution < 1.29 is 21.6 Å². The van der Waals surface area contributed by atoms with Gasteiger partial charge in [-0.25, -0.2) is 8.42 Å². The van der Waals surface area contributed by atoms with E-state index in [1.54, 1.807) is 12.1 Å². The molecule has 1 N–H and O–H groups in total. The zero-order chi connectivity index (χ0) is 18.1. The molecule has 0 aliphatic rings. The first-order valence-electron chi connectivity index (χ1n) is 7.00. The summed E-state index contributed by atoms with van der Waals surface area (Å²) >= 11 is 2.82. The Morgan fingerprint density at radius 3 is 2.12 bits per heavy atom. The molecular formula is C16H15BrF3NO2S. The highest BCUT2D eigenvalue weighted by molar-refractivity contribution is 9.10. The third-order valence-electron chi connectivity index (χ3n) is 3.38. The van der Waals surface area contributed by atoms with E-state index in [9.17, 15) is 21.6 Å². The standard InChI is InChI=1S/C16H15BrF3NO2S/c1-10(2)11-3-6-13(7-4-11)24(22,23)21-12-5-8-15(17)14(9-12)16(18,19)20/h3-10,21H,1-2H3. The molecule has 0 saturated heterocycles. The Balaban J connectivity index is 2.32. The van der Waals surface area contributed by atoms with Crippen LogP contribution in [0.1, 0.15) is 30.9 Å². The first-order valence-corrected chi connectivity index (χ1v) is 9.28. The predicted octanol–water partition coefficient (Wildman–Crippen LogP) is 5.39. The van der Waals surface area contributed by atoms with Crippen LogP contribution in [0, 0.1) is 0 Å². The van der Waals surface area contributed by atoms with Gasteiger partial charge in [-0.15, -0.1) is 0 Å². The molecule has 0 heterocycles. The van der Waals surface area contributed by atoms with E-state index in [0.29, 0.717) is 0 Å². The zero-order valence-corrected chi connectivity index (χ0v) is 15.3. The molecule has 0 aromatic heterocycles. The van der Waals surface area contributed by atoms with Crippen LogP contribution in [0.5, 0.6) is 0 Å². The van der Waals surface area contributed by atoms with Crippen LogP contribution in [-0.4, -0.2) is 8.42 Å². The van der Waals surface area contributed by atoms with Gasteiger partial charge in [0.15, 0.2) is 0 Å². The highest BCUT2D eigenvalue weighted by Crippen LogP contribution is 2.36. The van der Waals surface area contributed by atoms with Crippen molar-refractivity contribution in [3.05, 3.63) is 58.1 Å². The summed E-state index contributed by atoms with van der Waals surface area (Å²) in [6.45, 7) is 3.95. The number of benzene rings is 2. The van der Waals surface area contributed by atoms with Gasteiger partial charge in [0.05, 0.1) is 10.5 Å². The molecule has 0 unspecified atom stereocenters. The summed E-state index contributed by atoms with van der Waals surface area (Å²) in [5, 5.41) is 0. The third kappa shape index (κ3) is 4.30. The second-order valence-electron chi connectivity index (χ2n) is 5.52. The second kappa shape index (κ2) is 6.76. The lowest BCUT2D eigenvalue weighted by molar-refractivity contribution is -0.138. The quantitative estimate of drug-likeness (QED) is 0.718. The normalized spacial score (nSPS) is 12.5. The van der Waals surface area contributed by atoms with Crippen molar-refractivity contribution in [2.75, 3.05) is 4.72 Å². The summed E-state index contributed by atoms with van der Waals surface area (Å²) in [4.78, 5) is -0.0108. The van der Waals surface area contributed by atoms with Gasteiger partial charge in [-0.3, -0.25) is 4.72 Å². The molecule has 0 bridgehead atoms. The van der Waals surface area contributed by atoms with Gasteiger partial charge in [0.2, 0.25) is 0 Å². The summed E-state index contributed by atoms with van der Waals surface area (Å²) < 4.78 is 65.4. The van der Waals surface area contributed by atoms with Crippen molar-refractivity contribution in [2.45, 2.75) is 30.8 Å². The summed E-state index contributed by atoms with van der Waals surface area (Å²) in [6, 6.07) is 9.40. The number of nitrogens with one attached hydrogen (secondary N) is 1. The monoisotopic (exact) mass is 421 g/mol. The molecule has 0 amide bonds. The van der Waals surface area contributed by atoms with E-state index in [-0.39, 0.29) is 21.0 Å². The van der Waals surface area contributed by atoms with Crippen molar-refractivity contribution in [2.24, 2.45) is 0 Å². The van der Waals surface area contributed by atoms with E-state index >= 15 is 0 Å². The third-order valence-corrected chi connectivity index (χ3v) is 5.47. The van der Waals surface area contributed by atoms with E-state index in [4.69, 9.17) is 0 Å². The summed E-state index contributed by atoms with van der Waals surface area (Å²) in [5.74, 6) is 0.246. The second-order valence-corrected chi connectivity index (χ2v) is 8.06. The Morgan fingerprint density at radius 1 is 1.04 bits per heavy atom. The van der Waals surface area contributed by atoms with E-state index in [1.165, 1.54) is 18.2 Å². The van der Waals surface area contributed by atoms with Crippen LogP contribution in [0.15, 0.2) is 51.8 Å². The summed E-state index contributed by atoms with van der Waals surface area (Å²) in [6.07, 6.45) is -4.58.